The van der Waals surface area contributed by atoms with Crippen LogP contribution in [0.5, 0.6) is 11.5 Å². The average Bonchev–Trinajstić information content (AvgIpc) is 2.67. The fourth-order valence-electron chi connectivity index (χ4n) is 4.28. The molecule has 2 bridgehead atoms. The Morgan fingerprint density at radius 3 is 2.27 bits per heavy atom. The molecular weight excluding hydrogens is 411 g/mol. The smallest absolute Gasteiger partial charge is 0.258 e. The SMILES string of the molecule is CCOc1ccc(C(=O)NC23CC(NC(=O)COc4ccc(Cl)c(F)c4)(C2)C3)cc1. The van der Waals surface area contributed by atoms with Crippen LogP contribution in [-0.4, -0.2) is 36.1 Å². The Hall–Kier alpha value is -2.80. The van der Waals surface area contributed by atoms with Crippen molar-refractivity contribution in [1.82, 2.24) is 10.6 Å². The molecule has 2 amide bonds. The number of carbonyl (C=O) groups is 2. The maximum Gasteiger partial charge on any atom is 0.258 e. The summed E-state index contributed by atoms with van der Waals surface area (Å²) in [6.45, 7) is 2.26. The van der Waals surface area contributed by atoms with Gasteiger partial charge in [-0.2, -0.15) is 0 Å². The van der Waals surface area contributed by atoms with Crippen molar-refractivity contribution in [1.29, 1.82) is 0 Å². The van der Waals surface area contributed by atoms with E-state index in [1.54, 1.807) is 24.3 Å². The van der Waals surface area contributed by atoms with Gasteiger partial charge >= 0.3 is 0 Å². The molecule has 0 heterocycles. The van der Waals surface area contributed by atoms with Gasteiger partial charge in [-0.3, -0.25) is 9.59 Å². The first-order valence-electron chi connectivity index (χ1n) is 9.76. The Labute approximate surface area is 178 Å². The average molecular weight is 433 g/mol. The van der Waals surface area contributed by atoms with E-state index >= 15 is 0 Å². The van der Waals surface area contributed by atoms with E-state index in [1.165, 1.54) is 12.1 Å². The van der Waals surface area contributed by atoms with Gasteiger partial charge < -0.3 is 20.1 Å². The van der Waals surface area contributed by atoms with Crippen LogP contribution in [0.15, 0.2) is 42.5 Å². The zero-order valence-electron chi connectivity index (χ0n) is 16.5. The van der Waals surface area contributed by atoms with Crippen LogP contribution in [0.1, 0.15) is 36.5 Å². The molecule has 0 aromatic heterocycles. The topological polar surface area (TPSA) is 76.7 Å². The molecule has 0 radical (unpaired) electrons. The number of halogens is 2. The van der Waals surface area contributed by atoms with Gasteiger partial charge in [-0.25, -0.2) is 4.39 Å². The number of ether oxygens (including phenoxy) is 2. The molecule has 2 aromatic rings. The van der Waals surface area contributed by atoms with Crippen molar-refractivity contribution in [3.63, 3.8) is 0 Å². The number of nitrogens with one attached hydrogen (secondary N) is 2. The van der Waals surface area contributed by atoms with Crippen molar-refractivity contribution in [3.8, 4) is 11.5 Å². The summed E-state index contributed by atoms with van der Waals surface area (Å²) in [6, 6.07) is 11.0. The highest BCUT2D eigenvalue weighted by Gasteiger charge is 2.69. The fourth-order valence-corrected chi connectivity index (χ4v) is 4.40. The molecule has 0 spiro atoms. The molecule has 0 atom stereocenters. The minimum absolute atomic E-state index is 0.00162. The molecule has 158 valence electrons. The van der Waals surface area contributed by atoms with E-state index < -0.39 is 5.82 Å². The van der Waals surface area contributed by atoms with Gasteiger partial charge in [0, 0.05) is 22.7 Å². The van der Waals surface area contributed by atoms with Gasteiger partial charge in [0.1, 0.15) is 17.3 Å². The minimum atomic E-state index is -0.598. The Balaban J connectivity index is 1.22. The third-order valence-corrected chi connectivity index (χ3v) is 5.81. The Morgan fingerprint density at radius 2 is 1.63 bits per heavy atom. The molecule has 3 fully saturated rings. The summed E-state index contributed by atoms with van der Waals surface area (Å²) in [7, 11) is 0. The molecular formula is C22H22ClFN2O4. The van der Waals surface area contributed by atoms with Crippen LogP contribution in [0.3, 0.4) is 0 Å². The number of rotatable bonds is 8. The van der Waals surface area contributed by atoms with Gasteiger partial charge in [0.25, 0.3) is 11.8 Å². The molecule has 8 heteroatoms. The molecule has 3 aliphatic rings. The zero-order valence-corrected chi connectivity index (χ0v) is 17.2. The zero-order chi connectivity index (χ0) is 21.4. The second kappa shape index (κ2) is 7.80. The number of hydrogen-bond acceptors (Lipinski definition) is 4. The highest BCUT2D eigenvalue weighted by Crippen LogP contribution is 2.60. The van der Waals surface area contributed by atoms with Gasteiger partial charge in [-0.05, 0) is 62.6 Å². The summed E-state index contributed by atoms with van der Waals surface area (Å²) in [4.78, 5) is 24.7. The first kappa shape index (κ1) is 20.5. The summed E-state index contributed by atoms with van der Waals surface area (Å²) in [5, 5.41) is 6.04. The largest absolute Gasteiger partial charge is 0.494 e. The Kier molecular flexibility index (Phi) is 5.32. The lowest BCUT2D eigenvalue weighted by molar-refractivity contribution is -0.141. The van der Waals surface area contributed by atoms with Gasteiger partial charge in [0.05, 0.1) is 11.6 Å². The number of amides is 2. The third kappa shape index (κ3) is 4.07. The molecule has 0 saturated heterocycles. The van der Waals surface area contributed by atoms with Crippen molar-refractivity contribution < 1.29 is 23.5 Å². The summed E-state index contributed by atoms with van der Waals surface area (Å²) in [5.41, 5.74) is 0.0193. The number of carbonyl (C=O) groups excluding carboxylic acids is 2. The van der Waals surface area contributed by atoms with Crippen LogP contribution in [-0.2, 0) is 4.79 Å². The lowest BCUT2D eigenvalue weighted by Crippen LogP contribution is -2.84. The maximum atomic E-state index is 13.4. The van der Waals surface area contributed by atoms with E-state index in [9.17, 15) is 14.0 Å². The van der Waals surface area contributed by atoms with E-state index in [0.717, 1.165) is 11.8 Å². The molecule has 3 aliphatic carbocycles. The lowest BCUT2D eigenvalue weighted by Gasteiger charge is -2.70. The van der Waals surface area contributed by atoms with Gasteiger partial charge in [0.2, 0.25) is 0 Å². The molecule has 30 heavy (non-hydrogen) atoms. The van der Waals surface area contributed by atoms with Crippen LogP contribution in [0, 0.1) is 5.82 Å². The van der Waals surface area contributed by atoms with E-state index in [0.29, 0.717) is 31.4 Å². The first-order valence-corrected chi connectivity index (χ1v) is 10.1. The highest BCUT2D eigenvalue weighted by molar-refractivity contribution is 6.30. The quantitative estimate of drug-likeness (QED) is 0.669. The summed E-state index contributed by atoms with van der Waals surface area (Å²) in [6.07, 6.45) is 2.05. The standard InChI is InChI=1S/C22H22ClFN2O4/c1-2-29-15-5-3-14(4-6-15)20(28)26-22-11-21(12-22,13-22)25-19(27)10-30-16-7-8-17(23)18(24)9-16/h3-9H,2,10-13H2,1H3,(H,25,27)(H,26,28). The molecule has 5 rings (SSSR count). The van der Waals surface area contributed by atoms with Crippen molar-refractivity contribution in [2.75, 3.05) is 13.2 Å². The molecule has 6 nitrogen and oxygen atoms in total. The Bertz CT molecular complexity index is 960. The molecule has 3 saturated carbocycles. The second-order valence-electron chi connectivity index (χ2n) is 7.92. The van der Waals surface area contributed by atoms with Crippen LogP contribution < -0.4 is 20.1 Å². The van der Waals surface area contributed by atoms with Crippen LogP contribution in [0.25, 0.3) is 0 Å². The van der Waals surface area contributed by atoms with Gasteiger partial charge in [0.15, 0.2) is 6.61 Å². The second-order valence-corrected chi connectivity index (χ2v) is 8.32. The minimum Gasteiger partial charge on any atom is -0.494 e. The first-order chi connectivity index (χ1) is 14.3. The highest BCUT2D eigenvalue weighted by atomic mass is 35.5. The third-order valence-electron chi connectivity index (χ3n) is 5.50. The lowest BCUT2D eigenvalue weighted by atomic mass is 9.44. The Morgan fingerprint density at radius 1 is 1.00 bits per heavy atom. The van der Waals surface area contributed by atoms with Gasteiger partial charge in [-0.1, -0.05) is 11.6 Å². The van der Waals surface area contributed by atoms with Gasteiger partial charge in [-0.15, -0.1) is 0 Å². The summed E-state index contributed by atoms with van der Waals surface area (Å²) < 4.78 is 24.1. The fraction of sp³-hybridized carbons (Fsp3) is 0.364. The van der Waals surface area contributed by atoms with Crippen molar-refractivity contribution in [3.05, 3.63) is 58.9 Å². The van der Waals surface area contributed by atoms with Crippen molar-refractivity contribution in [2.24, 2.45) is 0 Å². The maximum absolute atomic E-state index is 13.4. The number of benzene rings is 2. The van der Waals surface area contributed by atoms with E-state index in [2.05, 4.69) is 10.6 Å². The van der Waals surface area contributed by atoms with Crippen molar-refractivity contribution in [2.45, 2.75) is 37.3 Å². The van der Waals surface area contributed by atoms with Crippen LogP contribution in [0.4, 0.5) is 4.39 Å². The molecule has 2 N–H and O–H groups in total. The van der Waals surface area contributed by atoms with Crippen molar-refractivity contribution >= 4 is 23.4 Å². The predicted octanol–water partition coefficient (Wildman–Crippen LogP) is 3.48. The van der Waals surface area contributed by atoms with Crippen LogP contribution >= 0.6 is 11.6 Å². The molecule has 0 aliphatic heterocycles. The predicted molar refractivity (Wildman–Crippen MR) is 109 cm³/mol. The normalized spacial score (nSPS) is 23.6. The molecule has 2 aromatic carbocycles. The van der Waals surface area contributed by atoms with E-state index in [1.807, 2.05) is 6.92 Å². The summed E-state index contributed by atoms with van der Waals surface area (Å²) in [5.74, 6) is -0.0463. The van der Waals surface area contributed by atoms with E-state index in [4.69, 9.17) is 21.1 Å². The molecule has 0 unspecified atom stereocenters. The van der Waals surface area contributed by atoms with E-state index in [-0.39, 0.29) is 40.3 Å². The summed E-state index contributed by atoms with van der Waals surface area (Å²) >= 11 is 5.62. The monoisotopic (exact) mass is 432 g/mol. The number of hydrogen-bond donors (Lipinski definition) is 2. The van der Waals surface area contributed by atoms with Crippen LogP contribution in [0.2, 0.25) is 5.02 Å².